The van der Waals surface area contributed by atoms with Gasteiger partial charge in [0.15, 0.2) is 0 Å². The number of nitrogen functional groups attached to an aromatic ring is 1. The second kappa shape index (κ2) is 8.40. The van der Waals surface area contributed by atoms with Gasteiger partial charge in [-0.25, -0.2) is 10.2 Å². The Balaban J connectivity index is 1.91. The van der Waals surface area contributed by atoms with E-state index in [2.05, 4.69) is 19.2 Å². The summed E-state index contributed by atoms with van der Waals surface area (Å²) in [6.07, 6.45) is 5.67. The summed E-state index contributed by atoms with van der Waals surface area (Å²) in [4.78, 5) is 0. The molecule has 8 nitrogen and oxygen atoms in total. The summed E-state index contributed by atoms with van der Waals surface area (Å²) >= 11 is 0. The van der Waals surface area contributed by atoms with Crippen molar-refractivity contribution in [3.8, 4) is 5.75 Å². The van der Waals surface area contributed by atoms with E-state index in [4.69, 9.17) is 23.0 Å². The third-order valence-electron chi connectivity index (χ3n) is 5.90. The highest BCUT2D eigenvalue weighted by Gasteiger charge is 2.47. The number of piperidine rings is 1. The molecule has 0 bridgehead atoms. The molecule has 0 amide bonds. The highest BCUT2D eigenvalue weighted by molar-refractivity contribution is 5.85. The van der Waals surface area contributed by atoms with E-state index in [9.17, 15) is 5.11 Å². The molecule has 174 valence electrons. The molecule has 1 fully saturated rings. The van der Waals surface area contributed by atoms with E-state index < -0.39 is 17.8 Å². The quantitative estimate of drug-likeness (QED) is 0.308. The van der Waals surface area contributed by atoms with Crippen molar-refractivity contribution in [2.24, 2.45) is 17.3 Å². The summed E-state index contributed by atoms with van der Waals surface area (Å²) in [6, 6.07) is 6.23. The van der Waals surface area contributed by atoms with Gasteiger partial charge in [-0.2, -0.15) is 0 Å². The van der Waals surface area contributed by atoms with E-state index >= 15 is 4.39 Å². The molecule has 1 aliphatic heterocycles. The van der Waals surface area contributed by atoms with Crippen LogP contribution in [0.4, 0.5) is 15.9 Å². The smallest absolute Gasteiger partial charge is 0.138 e. The molecule has 1 aromatic carbocycles. The van der Waals surface area contributed by atoms with Crippen molar-refractivity contribution in [2.45, 2.75) is 57.4 Å². The molecule has 0 saturated carbocycles. The Hall–Kier alpha value is -3.17. The fourth-order valence-corrected chi connectivity index (χ4v) is 4.57. The monoisotopic (exact) mass is 443 g/mol. The van der Waals surface area contributed by atoms with Gasteiger partial charge in [0.25, 0.3) is 0 Å². The largest absolute Gasteiger partial charge is 0.507 e. The number of nitrogens with zero attached hydrogens (tertiary/aromatic N) is 2. The molecular formula is C23H34FN7O. The number of nitrogens with two attached hydrogens (primary N) is 4. The number of hydrazine groups is 1. The molecule has 3 rings (SSSR count). The molecule has 2 atom stereocenters. The molecule has 2 aromatic rings. The van der Waals surface area contributed by atoms with Crippen molar-refractivity contribution in [3.63, 3.8) is 0 Å². The van der Waals surface area contributed by atoms with Crippen LogP contribution in [0, 0.1) is 0 Å². The van der Waals surface area contributed by atoms with E-state index in [0.717, 1.165) is 0 Å². The second-order valence-electron chi connectivity index (χ2n) is 9.52. The van der Waals surface area contributed by atoms with Gasteiger partial charge in [0.05, 0.1) is 11.7 Å². The van der Waals surface area contributed by atoms with Crippen molar-refractivity contribution in [1.82, 2.24) is 9.88 Å². The van der Waals surface area contributed by atoms with Crippen molar-refractivity contribution in [1.29, 1.82) is 0 Å². The second-order valence-corrected chi connectivity index (χ2v) is 9.52. The topological polar surface area (TPSA) is 145 Å². The number of halogens is 1. The third-order valence-corrected chi connectivity index (χ3v) is 5.90. The number of aromatic hydroxyl groups is 1. The number of phenolic OH excluding ortho intramolecular Hbond substituents is 1. The van der Waals surface area contributed by atoms with Gasteiger partial charge >= 0.3 is 0 Å². The van der Waals surface area contributed by atoms with Gasteiger partial charge in [-0.3, -0.25) is 5.01 Å². The molecule has 0 aliphatic carbocycles. The zero-order valence-electron chi connectivity index (χ0n) is 19.0. The van der Waals surface area contributed by atoms with E-state index in [1.165, 1.54) is 23.5 Å². The lowest BCUT2D eigenvalue weighted by atomic mass is 9.78. The Bertz CT molecular complexity index is 1040. The number of hydrogen-bond acceptors (Lipinski definition) is 7. The minimum Gasteiger partial charge on any atom is -0.507 e. The number of anilines is 2. The molecule has 1 aliphatic rings. The summed E-state index contributed by atoms with van der Waals surface area (Å²) < 4.78 is 17.1. The number of aromatic nitrogens is 1. The van der Waals surface area contributed by atoms with E-state index in [0.29, 0.717) is 34.8 Å². The molecule has 1 saturated heterocycles. The molecular weight excluding hydrogens is 409 g/mol. The summed E-state index contributed by atoms with van der Waals surface area (Å²) in [7, 11) is 0. The third kappa shape index (κ3) is 4.53. The van der Waals surface area contributed by atoms with Gasteiger partial charge < -0.3 is 32.2 Å². The number of nitrogens with one attached hydrogen (secondary N) is 1. The number of hydrogen-bond donors (Lipinski definition) is 6. The van der Waals surface area contributed by atoms with Crippen molar-refractivity contribution < 1.29 is 9.50 Å². The van der Waals surface area contributed by atoms with Crippen LogP contribution >= 0.6 is 0 Å². The Morgan fingerprint density at radius 1 is 1.28 bits per heavy atom. The van der Waals surface area contributed by atoms with Crippen LogP contribution in [-0.2, 0) is 0 Å². The van der Waals surface area contributed by atoms with Crippen LogP contribution in [0.3, 0.4) is 0 Å². The van der Waals surface area contributed by atoms with Crippen LogP contribution in [0.5, 0.6) is 5.75 Å². The Labute approximate surface area is 188 Å². The van der Waals surface area contributed by atoms with Gasteiger partial charge in [0, 0.05) is 52.6 Å². The molecule has 9 heteroatoms. The first-order valence-corrected chi connectivity index (χ1v) is 10.5. The van der Waals surface area contributed by atoms with Gasteiger partial charge in [-0.05, 0) is 58.4 Å². The first-order chi connectivity index (χ1) is 14.9. The Morgan fingerprint density at radius 3 is 2.59 bits per heavy atom. The van der Waals surface area contributed by atoms with Crippen LogP contribution in [0.1, 0.15) is 51.3 Å². The van der Waals surface area contributed by atoms with Gasteiger partial charge in [-0.1, -0.05) is 0 Å². The highest BCUT2D eigenvalue weighted by atomic mass is 19.1. The number of benzene rings is 1. The van der Waals surface area contributed by atoms with Gasteiger partial charge in [-0.15, -0.1) is 0 Å². The molecule has 0 unspecified atom stereocenters. The standard InChI is InChI=1S/C23H34FN7O/c1-22(2)13-18(20(24)23(3,4)29-22)30-9-7-14(21(30)27)11-17(26)16-6-5-15(12-19(16)32)31(28)10-8-25/h5-12,18,20,29,32H,13,25-28H2,1-4H3/b10-8-,17-11-/t18-,20-/m0/s1. The fraction of sp³-hybridized carbons (Fsp3) is 0.391. The molecule has 32 heavy (non-hydrogen) atoms. The maximum absolute atomic E-state index is 15.3. The normalized spacial score (nSPS) is 22.9. The SMILES string of the molecule is CC1(C)C[C@H](n2ccc(/C=C(\N)c3ccc(N(N)/C=C\N)cc3O)c2N)[C@H](F)C(C)(C)N1. The Morgan fingerprint density at radius 2 is 1.97 bits per heavy atom. The molecule has 0 radical (unpaired) electrons. The first-order valence-electron chi connectivity index (χ1n) is 10.5. The lowest BCUT2D eigenvalue weighted by Crippen LogP contribution is -2.64. The fourth-order valence-electron chi connectivity index (χ4n) is 4.57. The zero-order valence-corrected chi connectivity index (χ0v) is 19.0. The number of alkyl halides is 1. The van der Waals surface area contributed by atoms with Crippen molar-refractivity contribution in [2.75, 3.05) is 10.7 Å². The molecule has 2 heterocycles. The van der Waals surface area contributed by atoms with Crippen LogP contribution < -0.4 is 33.4 Å². The zero-order chi connectivity index (χ0) is 23.8. The molecule has 10 N–H and O–H groups in total. The first kappa shape index (κ1) is 23.5. The minimum atomic E-state index is -1.13. The van der Waals surface area contributed by atoms with Crippen LogP contribution in [0.15, 0.2) is 42.9 Å². The van der Waals surface area contributed by atoms with E-state index in [1.807, 2.05) is 13.8 Å². The van der Waals surface area contributed by atoms with E-state index in [1.54, 1.807) is 35.0 Å². The molecule has 0 spiro atoms. The highest BCUT2D eigenvalue weighted by Crippen LogP contribution is 2.40. The number of rotatable bonds is 5. The average molecular weight is 444 g/mol. The summed E-state index contributed by atoms with van der Waals surface area (Å²) in [5.41, 5.74) is 19.0. The summed E-state index contributed by atoms with van der Waals surface area (Å²) in [5.74, 6) is 6.20. The molecule has 1 aromatic heterocycles. The predicted molar refractivity (Wildman–Crippen MR) is 129 cm³/mol. The van der Waals surface area contributed by atoms with Gasteiger partial charge in [0.2, 0.25) is 0 Å². The maximum atomic E-state index is 15.3. The lowest BCUT2D eigenvalue weighted by Gasteiger charge is -2.49. The predicted octanol–water partition coefficient (Wildman–Crippen LogP) is 2.77. The lowest BCUT2D eigenvalue weighted by molar-refractivity contribution is 0.0308. The van der Waals surface area contributed by atoms with Crippen LogP contribution in [0.25, 0.3) is 11.8 Å². The van der Waals surface area contributed by atoms with E-state index in [-0.39, 0.29) is 11.3 Å². The van der Waals surface area contributed by atoms with Crippen LogP contribution in [-0.4, -0.2) is 26.9 Å². The average Bonchev–Trinajstić information content (AvgIpc) is 3.04. The number of phenols is 1. The van der Waals surface area contributed by atoms with Crippen LogP contribution in [0.2, 0.25) is 0 Å². The summed E-state index contributed by atoms with van der Waals surface area (Å²) in [6.45, 7) is 7.85. The van der Waals surface area contributed by atoms with Crippen molar-refractivity contribution in [3.05, 3.63) is 54.0 Å². The van der Waals surface area contributed by atoms with Crippen molar-refractivity contribution >= 4 is 23.3 Å². The van der Waals surface area contributed by atoms with Gasteiger partial charge in [0.1, 0.15) is 17.7 Å². The minimum absolute atomic E-state index is 0.0409. The maximum Gasteiger partial charge on any atom is 0.138 e. The summed E-state index contributed by atoms with van der Waals surface area (Å²) in [5, 5.41) is 15.1. The Kier molecular flexibility index (Phi) is 6.17.